The number of carbonyl (C=O) groups is 1. The number of rotatable bonds is 8. The number of anilines is 3. The SMILES string of the molecule is COC(=O)c1ccc(OC)c(Nc2cc(-c3ccccc3)nc(N[C@@H](C)CO)n2)c1. The molecule has 30 heavy (non-hydrogen) atoms. The third kappa shape index (κ3) is 5.03. The Morgan fingerprint density at radius 1 is 1.10 bits per heavy atom. The number of ether oxygens (including phenoxy) is 2. The van der Waals surface area contributed by atoms with E-state index in [1.54, 1.807) is 31.4 Å². The van der Waals surface area contributed by atoms with Gasteiger partial charge in [0.15, 0.2) is 0 Å². The van der Waals surface area contributed by atoms with Crippen LogP contribution in [0.5, 0.6) is 5.75 Å². The van der Waals surface area contributed by atoms with E-state index in [9.17, 15) is 9.90 Å². The highest BCUT2D eigenvalue weighted by atomic mass is 16.5. The molecule has 8 nitrogen and oxygen atoms in total. The van der Waals surface area contributed by atoms with E-state index in [4.69, 9.17) is 9.47 Å². The van der Waals surface area contributed by atoms with Gasteiger partial charge >= 0.3 is 5.97 Å². The second kappa shape index (κ2) is 9.71. The molecule has 3 rings (SSSR count). The van der Waals surface area contributed by atoms with Gasteiger partial charge in [-0.05, 0) is 25.1 Å². The third-order valence-electron chi connectivity index (χ3n) is 4.33. The molecule has 1 aromatic heterocycles. The topological polar surface area (TPSA) is 106 Å². The van der Waals surface area contributed by atoms with E-state index in [0.29, 0.717) is 34.5 Å². The van der Waals surface area contributed by atoms with Gasteiger partial charge < -0.3 is 25.2 Å². The molecule has 0 aliphatic heterocycles. The number of aliphatic hydroxyl groups excluding tert-OH is 1. The fraction of sp³-hybridized carbons (Fsp3) is 0.227. The van der Waals surface area contributed by atoms with Crippen molar-refractivity contribution in [1.82, 2.24) is 9.97 Å². The fourth-order valence-electron chi connectivity index (χ4n) is 2.79. The molecule has 0 bridgehead atoms. The molecule has 0 unspecified atom stereocenters. The number of hydrogen-bond acceptors (Lipinski definition) is 8. The summed E-state index contributed by atoms with van der Waals surface area (Å²) in [7, 11) is 2.88. The van der Waals surface area contributed by atoms with Crippen molar-refractivity contribution < 1.29 is 19.4 Å². The summed E-state index contributed by atoms with van der Waals surface area (Å²) in [5, 5.41) is 15.6. The van der Waals surface area contributed by atoms with Gasteiger partial charge in [0.05, 0.1) is 37.8 Å². The van der Waals surface area contributed by atoms with E-state index in [0.717, 1.165) is 5.56 Å². The Kier molecular flexibility index (Phi) is 6.82. The molecular formula is C22H24N4O4. The minimum absolute atomic E-state index is 0.0588. The zero-order chi connectivity index (χ0) is 21.5. The van der Waals surface area contributed by atoms with Crippen molar-refractivity contribution in [1.29, 1.82) is 0 Å². The first-order valence-electron chi connectivity index (χ1n) is 9.39. The van der Waals surface area contributed by atoms with Gasteiger partial charge in [0, 0.05) is 17.7 Å². The average Bonchev–Trinajstić information content (AvgIpc) is 2.78. The number of carbonyl (C=O) groups excluding carboxylic acids is 1. The quantitative estimate of drug-likeness (QED) is 0.487. The zero-order valence-electron chi connectivity index (χ0n) is 17.0. The molecule has 0 saturated carbocycles. The van der Waals surface area contributed by atoms with E-state index in [2.05, 4.69) is 20.6 Å². The Morgan fingerprint density at radius 3 is 2.53 bits per heavy atom. The predicted molar refractivity (Wildman–Crippen MR) is 115 cm³/mol. The van der Waals surface area contributed by atoms with Crippen LogP contribution in [0.2, 0.25) is 0 Å². The molecule has 0 saturated heterocycles. The zero-order valence-corrected chi connectivity index (χ0v) is 17.0. The van der Waals surface area contributed by atoms with Crippen LogP contribution in [0.4, 0.5) is 17.5 Å². The number of methoxy groups -OCH3 is 2. The third-order valence-corrected chi connectivity index (χ3v) is 4.33. The highest BCUT2D eigenvalue weighted by Gasteiger charge is 2.14. The second-order valence-corrected chi connectivity index (χ2v) is 6.59. The van der Waals surface area contributed by atoms with Crippen LogP contribution in [0.3, 0.4) is 0 Å². The van der Waals surface area contributed by atoms with Gasteiger partial charge in [-0.3, -0.25) is 0 Å². The van der Waals surface area contributed by atoms with Crippen molar-refractivity contribution in [2.24, 2.45) is 0 Å². The molecular weight excluding hydrogens is 384 g/mol. The minimum atomic E-state index is -0.451. The average molecular weight is 408 g/mol. The van der Waals surface area contributed by atoms with Gasteiger partial charge in [-0.15, -0.1) is 0 Å². The molecule has 0 aliphatic rings. The van der Waals surface area contributed by atoms with Gasteiger partial charge in [-0.25, -0.2) is 9.78 Å². The van der Waals surface area contributed by atoms with Gasteiger partial charge in [0.25, 0.3) is 0 Å². The van der Waals surface area contributed by atoms with Gasteiger partial charge in [-0.1, -0.05) is 30.3 Å². The van der Waals surface area contributed by atoms with Crippen molar-refractivity contribution in [3.8, 4) is 17.0 Å². The lowest BCUT2D eigenvalue weighted by atomic mass is 10.1. The summed E-state index contributed by atoms with van der Waals surface area (Å²) < 4.78 is 10.2. The van der Waals surface area contributed by atoms with E-state index >= 15 is 0 Å². The van der Waals surface area contributed by atoms with Crippen LogP contribution < -0.4 is 15.4 Å². The van der Waals surface area contributed by atoms with E-state index in [-0.39, 0.29) is 12.6 Å². The minimum Gasteiger partial charge on any atom is -0.495 e. The standard InChI is InChI=1S/C22H24N4O4/c1-14(13-27)23-22-25-17(15-7-5-4-6-8-15)12-20(26-22)24-18-11-16(21(28)30-3)9-10-19(18)29-2/h4-12,14,27H,13H2,1-3H3,(H2,23,24,25,26)/t14-/m0/s1. The first kappa shape index (κ1) is 21.1. The summed E-state index contributed by atoms with van der Waals surface area (Å²) in [5.41, 5.74) is 2.55. The van der Waals surface area contributed by atoms with Gasteiger partial charge in [-0.2, -0.15) is 4.98 Å². The van der Waals surface area contributed by atoms with Gasteiger partial charge in [0.2, 0.25) is 5.95 Å². The number of aromatic nitrogens is 2. The summed E-state index contributed by atoms with van der Waals surface area (Å²) >= 11 is 0. The molecule has 0 fully saturated rings. The molecule has 0 aliphatic carbocycles. The molecule has 2 aromatic carbocycles. The number of hydrogen-bond donors (Lipinski definition) is 3. The highest BCUT2D eigenvalue weighted by Crippen LogP contribution is 2.30. The maximum absolute atomic E-state index is 11.9. The summed E-state index contributed by atoms with van der Waals surface area (Å²) in [6, 6.07) is 16.2. The van der Waals surface area contributed by atoms with Crippen LogP contribution in [-0.2, 0) is 4.74 Å². The molecule has 156 valence electrons. The molecule has 1 atom stereocenters. The van der Waals surface area contributed by atoms with Crippen molar-refractivity contribution >= 4 is 23.4 Å². The lowest BCUT2D eigenvalue weighted by molar-refractivity contribution is 0.0600. The number of nitrogens with one attached hydrogen (secondary N) is 2. The first-order valence-corrected chi connectivity index (χ1v) is 9.39. The smallest absolute Gasteiger partial charge is 0.337 e. The highest BCUT2D eigenvalue weighted by molar-refractivity contribution is 5.91. The first-order chi connectivity index (χ1) is 14.5. The number of nitrogens with zero attached hydrogens (tertiary/aromatic N) is 2. The molecule has 8 heteroatoms. The number of esters is 1. The number of aliphatic hydroxyl groups is 1. The summed E-state index contributed by atoms with van der Waals surface area (Å²) in [4.78, 5) is 21.0. The van der Waals surface area contributed by atoms with Crippen LogP contribution in [-0.4, -0.2) is 47.9 Å². The monoisotopic (exact) mass is 408 g/mol. The fourth-order valence-corrected chi connectivity index (χ4v) is 2.79. The molecule has 1 heterocycles. The summed E-state index contributed by atoms with van der Waals surface area (Å²) in [5.74, 6) is 0.952. The lowest BCUT2D eigenvalue weighted by Gasteiger charge is -2.16. The molecule has 3 N–H and O–H groups in total. The predicted octanol–water partition coefficient (Wildman–Crippen LogP) is 3.48. The maximum atomic E-state index is 11.9. The largest absolute Gasteiger partial charge is 0.495 e. The summed E-state index contributed by atoms with van der Waals surface area (Å²) in [6.07, 6.45) is 0. The van der Waals surface area contributed by atoms with Crippen LogP contribution in [0.15, 0.2) is 54.6 Å². The normalized spacial score (nSPS) is 11.5. The van der Waals surface area contributed by atoms with E-state index in [1.165, 1.54) is 7.11 Å². The molecule has 0 radical (unpaired) electrons. The van der Waals surface area contributed by atoms with E-state index < -0.39 is 5.97 Å². The van der Waals surface area contributed by atoms with Crippen LogP contribution in [0.25, 0.3) is 11.3 Å². The Morgan fingerprint density at radius 2 is 1.87 bits per heavy atom. The van der Waals surface area contributed by atoms with Crippen molar-refractivity contribution in [3.05, 3.63) is 60.2 Å². The maximum Gasteiger partial charge on any atom is 0.337 e. The van der Waals surface area contributed by atoms with Crippen LogP contribution in [0, 0.1) is 0 Å². The number of benzene rings is 2. The molecule has 3 aromatic rings. The molecule has 0 amide bonds. The van der Waals surface area contributed by atoms with Gasteiger partial charge in [0.1, 0.15) is 11.6 Å². The van der Waals surface area contributed by atoms with Crippen LogP contribution in [0.1, 0.15) is 17.3 Å². The second-order valence-electron chi connectivity index (χ2n) is 6.59. The van der Waals surface area contributed by atoms with Crippen molar-refractivity contribution in [2.75, 3.05) is 31.5 Å². The summed E-state index contributed by atoms with van der Waals surface area (Å²) in [6.45, 7) is 1.77. The van der Waals surface area contributed by atoms with Crippen LogP contribution >= 0.6 is 0 Å². The lowest BCUT2D eigenvalue weighted by Crippen LogP contribution is -2.21. The Hall–Kier alpha value is -3.65. The Bertz CT molecular complexity index is 1010. The van der Waals surface area contributed by atoms with Crippen molar-refractivity contribution in [2.45, 2.75) is 13.0 Å². The van der Waals surface area contributed by atoms with E-state index in [1.807, 2.05) is 37.3 Å². The Balaban J connectivity index is 2.02. The van der Waals surface area contributed by atoms with Crippen molar-refractivity contribution in [3.63, 3.8) is 0 Å². The molecule has 0 spiro atoms. The Labute approximate surface area is 174 Å².